The first-order chi connectivity index (χ1) is 12.4. The van der Waals surface area contributed by atoms with E-state index < -0.39 is 11.7 Å². The second-order valence-electron chi connectivity index (χ2n) is 5.63. The smallest absolute Gasteiger partial charge is 0.375 e. The molecule has 0 saturated carbocycles. The van der Waals surface area contributed by atoms with E-state index in [0.717, 1.165) is 42.7 Å². The van der Waals surface area contributed by atoms with E-state index in [1.807, 2.05) is 37.4 Å². The summed E-state index contributed by atoms with van der Waals surface area (Å²) in [5.41, 5.74) is 0.316. The fraction of sp³-hybridized carbons (Fsp3) is 0.333. The Labute approximate surface area is 154 Å². The molecule has 0 saturated heterocycles. The Morgan fingerprint density at radius 2 is 1.92 bits per heavy atom. The summed E-state index contributed by atoms with van der Waals surface area (Å²) in [6, 6.07) is 12.2. The minimum Gasteiger partial charge on any atom is -0.375 e. The molecule has 1 aromatic carbocycles. The van der Waals surface area contributed by atoms with Gasteiger partial charge in [0.05, 0.1) is 16.3 Å². The summed E-state index contributed by atoms with van der Waals surface area (Å²) in [4.78, 5) is 17.6. The van der Waals surface area contributed by atoms with E-state index in [1.54, 1.807) is 0 Å². The lowest BCUT2D eigenvalue weighted by Crippen LogP contribution is -2.29. The molecule has 1 N–H and O–H groups in total. The van der Waals surface area contributed by atoms with Gasteiger partial charge in [0.25, 0.3) is 0 Å². The van der Waals surface area contributed by atoms with Gasteiger partial charge in [0.1, 0.15) is 0 Å². The van der Waals surface area contributed by atoms with E-state index in [-0.39, 0.29) is 11.7 Å². The predicted molar refractivity (Wildman–Crippen MR) is 97.3 cm³/mol. The van der Waals surface area contributed by atoms with E-state index in [0.29, 0.717) is 11.6 Å². The molecule has 0 aliphatic rings. The van der Waals surface area contributed by atoms with Crippen LogP contribution in [0.4, 0.5) is 18.9 Å². The van der Waals surface area contributed by atoms with Crippen molar-refractivity contribution in [3.8, 4) is 0 Å². The lowest BCUT2D eigenvalue weighted by Gasteiger charge is -2.19. The van der Waals surface area contributed by atoms with Crippen LogP contribution in [0.3, 0.4) is 0 Å². The monoisotopic (exact) mass is 383 g/mol. The number of pyridine rings is 1. The number of nitrogens with zero attached hydrogens (tertiary/aromatic N) is 2. The van der Waals surface area contributed by atoms with Crippen LogP contribution in [0.15, 0.2) is 53.7 Å². The summed E-state index contributed by atoms with van der Waals surface area (Å²) in [7, 11) is 1.99. The van der Waals surface area contributed by atoms with Gasteiger partial charge in [-0.15, -0.1) is 0 Å². The number of carbonyl (C=O) groups is 1. The third-order valence-corrected chi connectivity index (χ3v) is 4.55. The van der Waals surface area contributed by atoms with Crippen LogP contribution in [0.1, 0.15) is 12.0 Å². The zero-order chi connectivity index (χ0) is 19.0. The van der Waals surface area contributed by atoms with Crippen LogP contribution in [-0.4, -0.2) is 36.8 Å². The first-order valence-electron chi connectivity index (χ1n) is 8.05. The summed E-state index contributed by atoms with van der Waals surface area (Å²) < 4.78 is 37.4. The first kappa shape index (κ1) is 20.1. The summed E-state index contributed by atoms with van der Waals surface area (Å²) in [6.07, 6.45) is -2.83. The van der Waals surface area contributed by atoms with E-state index in [9.17, 15) is 18.0 Å². The number of thioether (sulfide) groups is 1. The molecule has 0 bridgehead atoms. The SMILES string of the molecule is CN(CCCNC(=O)CSc1ccc(C(F)(F)F)cn1)c1ccccc1. The molecule has 1 amide bonds. The van der Waals surface area contributed by atoms with Gasteiger partial charge in [0, 0.05) is 32.0 Å². The van der Waals surface area contributed by atoms with Gasteiger partial charge in [-0.2, -0.15) is 13.2 Å². The number of nitrogens with one attached hydrogen (secondary N) is 1. The molecule has 1 aromatic heterocycles. The molecular formula is C18H20F3N3OS. The highest BCUT2D eigenvalue weighted by molar-refractivity contribution is 7.99. The third kappa shape index (κ3) is 6.59. The van der Waals surface area contributed by atoms with Crippen molar-refractivity contribution in [2.45, 2.75) is 17.6 Å². The van der Waals surface area contributed by atoms with Crippen molar-refractivity contribution in [1.82, 2.24) is 10.3 Å². The number of anilines is 1. The number of carbonyl (C=O) groups excluding carboxylic acids is 1. The molecule has 0 spiro atoms. The first-order valence-corrected chi connectivity index (χ1v) is 9.04. The van der Waals surface area contributed by atoms with Crippen molar-refractivity contribution in [2.75, 3.05) is 30.8 Å². The molecule has 0 aliphatic carbocycles. The zero-order valence-electron chi connectivity index (χ0n) is 14.3. The number of aromatic nitrogens is 1. The zero-order valence-corrected chi connectivity index (χ0v) is 15.1. The van der Waals surface area contributed by atoms with Gasteiger partial charge in [0.2, 0.25) is 5.91 Å². The van der Waals surface area contributed by atoms with Crippen molar-refractivity contribution in [2.24, 2.45) is 0 Å². The highest BCUT2D eigenvalue weighted by atomic mass is 32.2. The Bertz CT molecular complexity index is 693. The highest BCUT2D eigenvalue weighted by Gasteiger charge is 2.30. The van der Waals surface area contributed by atoms with Crippen molar-refractivity contribution in [3.63, 3.8) is 0 Å². The Balaban J connectivity index is 1.65. The Kier molecular flexibility index (Phi) is 7.32. The van der Waals surface area contributed by atoms with Gasteiger partial charge in [0.15, 0.2) is 0 Å². The number of halogens is 3. The normalized spacial score (nSPS) is 11.2. The number of amides is 1. The average Bonchev–Trinajstić information content (AvgIpc) is 2.63. The van der Waals surface area contributed by atoms with Gasteiger partial charge in [-0.3, -0.25) is 4.79 Å². The summed E-state index contributed by atoms with van der Waals surface area (Å²) in [6.45, 7) is 1.34. The van der Waals surface area contributed by atoms with Gasteiger partial charge in [-0.05, 0) is 30.7 Å². The number of rotatable bonds is 8. The molecule has 0 aliphatic heterocycles. The largest absolute Gasteiger partial charge is 0.417 e. The second-order valence-corrected chi connectivity index (χ2v) is 6.63. The van der Waals surface area contributed by atoms with Crippen molar-refractivity contribution in [1.29, 1.82) is 0 Å². The lowest BCUT2D eigenvalue weighted by atomic mass is 10.3. The van der Waals surface area contributed by atoms with Crippen LogP contribution in [0.25, 0.3) is 0 Å². The molecule has 4 nitrogen and oxygen atoms in total. The number of alkyl halides is 3. The average molecular weight is 383 g/mol. The van der Waals surface area contributed by atoms with Crippen LogP contribution in [0, 0.1) is 0 Å². The summed E-state index contributed by atoms with van der Waals surface area (Å²) in [5, 5.41) is 3.19. The van der Waals surface area contributed by atoms with Crippen molar-refractivity contribution >= 4 is 23.4 Å². The van der Waals surface area contributed by atoms with Crippen molar-refractivity contribution in [3.05, 3.63) is 54.2 Å². The van der Waals surface area contributed by atoms with Gasteiger partial charge >= 0.3 is 6.18 Å². The Hall–Kier alpha value is -2.22. The molecule has 1 heterocycles. The minimum absolute atomic E-state index is 0.118. The predicted octanol–water partition coefficient (Wildman–Crippen LogP) is 3.84. The standard InChI is InChI=1S/C18H20F3N3OS/c1-24(15-6-3-2-4-7-15)11-5-10-22-16(25)13-26-17-9-8-14(12-23-17)18(19,20)21/h2-4,6-9,12H,5,10-11,13H2,1H3,(H,22,25). The van der Waals surface area contributed by atoms with Crippen LogP contribution < -0.4 is 10.2 Å². The Morgan fingerprint density at radius 1 is 1.19 bits per heavy atom. The van der Waals surface area contributed by atoms with E-state index in [4.69, 9.17) is 0 Å². The summed E-state index contributed by atoms with van der Waals surface area (Å²) in [5.74, 6) is -0.0496. The molecule has 2 aromatic rings. The Morgan fingerprint density at radius 3 is 2.54 bits per heavy atom. The molecule has 2 rings (SSSR count). The van der Waals surface area contributed by atoms with Gasteiger partial charge < -0.3 is 10.2 Å². The van der Waals surface area contributed by atoms with Crippen molar-refractivity contribution < 1.29 is 18.0 Å². The van der Waals surface area contributed by atoms with Crippen LogP contribution in [0.2, 0.25) is 0 Å². The highest BCUT2D eigenvalue weighted by Crippen LogP contribution is 2.29. The maximum absolute atomic E-state index is 12.5. The fourth-order valence-electron chi connectivity index (χ4n) is 2.18. The van der Waals surface area contributed by atoms with Crippen LogP contribution in [-0.2, 0) is 11.0 Å². The number of hydrogen-bond acceptors (Lipinski definition) is 4. The molecule has 26 heavy (non-hydrogen) atoms. The molecule has 140 valence electrons. The maximum Gasteiger partial charge on any atom is 0.417 e. The second kappa shape index (κ2) is 9.47. The van der Waals surface area contributed by atoms with E-state index in [1.165, 1.54) is 6.07 Å². The van der Waals surface area contributed by atoms with Crippen LogP contribution >= 0.6 is 11.8 Å². The number of benzene rings is 1. The number of hydrogen-bond donors (Lipinski definition) is 1. The topological polar surface area (TPSA) is 45.2 Å². The lowest BCUT2D eigenvalue weighted by molar-refractivity contribution is -0.137. The van der Waals surface area contributed by atoms with E-state index in [2.05, 4.69) is 15.2 Å². The molecule has 8 heteroatoms. The third-order valence-electron chi connectivity index (χ3n) is 3.60. The van der Waals surface area contributed by atoms with Gasteiger partial charge in [-0.25, -0.2) is 4.98 Å². The molecule has 0 unspecified atom stereocenters. The molecule has 0 atom stereocenters. The molecule has 0 radical (unpaired) electrons. The molecule has 0 fully saturated rings. The quantitative estimate of drug-likeness (QED) is 0.556. The molecular weight excluding hydrogens is 363 g/mol. The minimum atomic E-state index is -4.40. The van der Waals surface area contributed by atoms with Crippen LogP contribution in [0.5, 0.6) is 0 Å². The van der Waals surface area contributed by atoms with Gasteiger partial charge in [-0.1, -0.05) is 30.0 Å². The number of para-hydroxylation sites is 1. The maximum atomic E-state index is 12.5. The summed E-state index contributed by atoms with van der Waals surface area (Å²) >= 11 is 1.11. The van der Waals surface area contributed by atoms with E-state index >= 15 is 0 Å². The fourth-order valence-corrected chi connectivity index (χ4v) is 2.85.